The number of carbonyl (C=O) groups is 2. The summed E-state index contributed by atoms with van der Waals surface area (Å²) in [6.07, 6.45) is 5.59. The molecule has 0 spiro atoms. The van der Waals surface area contributed by atoms with Crippen LogP contribution in [0, 0.1) is 0 Å². The number of nitrogens with zero attached hydrogens (tertiary/aromatic N) is 3. The van der Waals surface area contributed by atoms with Crippen molar-refractivity contribution in [3.05, 3.63) is 60.5 Å². The van der Waals surface area contributed by atoms with E-state index in [2.05, 4.69) is 20.3 Å². The van der Waals surface area contributed by atoms with E-state index in [1.165, 1.54) is 24.9 Å². The van der Waals surface area contributed by atoms with Gasteiger partial charge in [-0.15, -0.1) is 0 Å². The predicted molar refractivity (Wildman–Crippen MR) is 80.4 cm³/mol. The third-order valence-corrected chi connectivity index (χ3v) is 2.95. The quantitative estimate of drug-likeness (QED) is 0.752. The fourth-order valence-electron chi connectivity index (χ4n) is 1.97. The first-order valence-corrected chi connectivity index (χ1v) is 6.57. The number of rotatable bonds is 4. The highest BCUT2D eigenvalue weighted by molar-refractivity contribution is 6.09. The normalized spacial score (nSPS) is 10.3. The zero-order valence-corrected chi connectivity index (χ0v) is 11.8. The van der Waals surface area contributed by atoms with Crippen molar-refractivity contribution in [2.75, 3.05) is 5.32 Å². The molecule has 3 rings (SSSR count). The first-order valence-electron chi connectivity index (χ1n) is 6.57. The fourth-order valence-corrected chi connectivity index (χ4v) is 1.97. The van der Waals surface area contributed by atoms with Crippen LogP contribution in [0.2, 0.25) is 0 Å². The largest absolute Gasteiger partial charge is 0.445 e. The maximum Gasteiger partial charge on any atom is 0.276 e. The predicted octanol–water partition coefficient (Wildman–Crippen LogP) is 1.48. The number of anilines is 1. The molecule has 8 heteroatoms. The van der Waals surface area contributed by atoms with E-state index in [9.17, 15) is 9.59 Å². The van der Waals surface area contributed by atoms with Gasteiger partial charge < -0.3 is 15.5 Å². The molecule has 8 nitrogen and oxygen atoms in total. The van der Waals surface area contributed by atoms with Crippen LogP contribution in [0.15, 0.2) is 53.5 Å². The van der Waals surface area contributed by atoms with E-state index in [0.29, 0.717) is 17.1 Å². The van der Waals surface area contributed by atoms with Crippen LogP contribution in [0.5, 0.6) is 0 Å². The van der Waals surface area contributed by atoms with Crippen LogP contribution < -0.4 is 11.1 Å². The minimum absolute atomic E-state index is 0.137. The Labute approximate surface area is 130 Å². The van der Waals surface area contributed by atoms with Gasteiger partial charge >= 0.3 is 0 Å². The Kier molecular flexibility index (Phi) is 3.79. The Morgan fingerprint density at radius 1 is 1.04 bits per heavy atom. The molecule has 0 bridgehead atoms. The van der Waals surface area contributed by atoms with Gasteiger partial charge in [0.15, 0.2) is 11.4 Å². The lowest BCUT2D eigenvalue weighted by molar-refractivity contribution is 0.0969. The number of amides is 2. The van der Waals surface area contributed by atoms with Gasteiger partial charge in [0.05, 0.1) is 6.20 Å². The van der Waals surface area contributed by atoms with Gasteiger partial charge in [0, 0.05) is 23.6 Å². The molecule has 0 saturated heterocycles. The van der Waals surface area contributed by atoms with E-state index in [0.717, 1.165) is 0 Å². The molecule has 0 unspecified atom stereocenters. The zero-order valence-electron chi connectivity index (χ0n) is 11.8. The molecular weight excluding hydrogens is 298 g/mol. The van der Waals surface area contributed by atoms with E-state index in [4.69, 9.17) is 10.2 Å². The average molecular weight is 309 g/mol. The number of oxazole rings is 1. The maximum absolute atomic E-state index is 12.3. The van der Waals surface area contributed by atoms with Crippen molar-refractivity contribution < 1.29 is 14.0 Å². The van der Waals surface area contributed by atoms with Crippen LogP contribution in [-0.4, -0.2) is 26.8 Å². The number of carbonyl (C=O) groups excluding carboxylic acids is 2. The van der Waals surface area contributed by atoms with E-state index in [1.807, 2.05) is 0 Å². The molecule has 3 N–H and O–H groups in total. The summed E-state index contributed by atoms with van der Waals surface area (Å²) >= 11 is 0. The molecule has 0 aliphatic rings. The second-order valence-electron chi connectivity index (χ2n) is 4.49. The van der Waals surface area contributed by atoms with E-state index in [-0.39, 0.29) is 11.4 Å². The van der Waals surface area contributed by atoms with Gasteiger partial charge in [0.25, 0.3) is 11.8 Å². The van der Waals surface area contributed by atoms with Gasteiger partial charge in [-0.3, -0.25) is 9.59 Å². The highest BCUT2D eigenvalue weighted by Crippen LogP contribution is 2.21. The van der Waals surface area contributed by atoms with Crippen molar-refractivity contribution in [2.45, 2.75) is 0 Å². The highest BCUT2D eigenvalue weighted by Gasteiger charge is 2.18. The molecule has 0 aliphatic heterocycles. The van der Waals surface area contributed by atoms with Gasteiger partial charge in [-0.25, -0.2) is 15.0 Å². The van der Waals surface area contributed by atoms with Crippen molar-refractivity contribution in [3.63, 3.8) is 0 Å². The summed E-state index contributed by atoms with van der Waals surface area (Å²) in [6, 6.07) is 6.90. The molecule has 2 aromatic heterocycles. The molecule has 0 radical (unpaired) electrons. The van der Waals surface area contributed by atoms with Gasteiger partial charge in [-0.2, -0.15) is 0 Å². The van der Waals surface area contributed by atoms with Crippen LogP contribution >= 0.6 is 0 Å². The van der Waals surface area contributed by atoms with Crippen LogP contribution in [0.1, 0.15) is 21.0 Å². The monoisotopic (exact) mass is 309 g/mol. The lowest BCUT2D eigenvalue weighted by Crippen LogP contribution is -2.23. The molecule has 0 fully saturated rings. The molecule has 2 heterocycles. The van der Waals surface area contributed by atoms with Crippen molar-refractivity contribution in [3.8, 4) is 11.5 Å². The fraction of sp³-hybridized carbons (Fsp3) is 0. The number of primary amides is 1. The number of hydrogen-bond acceptors (Lipinski definition) is 6. The second-order valence-corrected chi connectivity index (χ2v) is 4.49. The van der Waals surface area contributed by atoms with Crippen LogP contribution in [0.3, 0.4) is 0 Å². The van der Waals surface area contributed by atoms with E-state index in [1.54, 1.807) is 24.3 Å². The molecule has 0 saturated carbocycles. The molecule has 1 aromatic carbocycles. The van der Waals surface area contributed by atoms with Crippen molar-refractivity contribution in [2.24, 2.45) is 5.73 Å². The van der Waals surface area contributed by atoms with E-state index >= 15 is 0 Å². The van der Waals surface area contributed by atoms with Crippen LogP contribution in [-0.2, 0) is 0 Å². The average Bonchev–Trinajstić information content (AvgIpc) is 3.09. The number of benzene rings is 1. The third kappa shape index (κ3) is 3.05. The third-order valence-electron chi connectivity index (χ3n) is 2.95. The summed E-state index contributed by atoms with van der Waals surface area (Å²) in [7, 11) is 0. The Hall–Kier alpha value is -3.55. The SMILES string of the molecule is NC(=O)c1nccnc1C(=O)Nc1cccc(-c2ncco2)c1. The topological polar surface area (TPSA) is 124 Å². The van der Waals surface area contributed by atoms with Crippen molar-refractivity contribution in [1.29, 1.82) is 0 Å². The van der Waals surface area contributed by atoms with Crippen molar-refractivity contribution >= 4 is 17.5 Å². The Morgan fingerprint density at radius 2 is 1.83 bits per heavy atom. The minimum Gasteiger partial charge on any atom is -0.445 e. The molecule has 3 aromatic rings. The summed E-state index contributed by atoms with van der Waals surface area (Å²) in [4.78, 5) is 35.3. The van der Waals surface area contributed by atoms with E-state index < -0.39 is 11.8 Å². The molecule has 2 amide bonds. The lowest BCUT2D eigenvalue weighted by atomic mass is 10.2. The summed E-state index contributed by atoms with van der Waals surface area (Å²) in [5.74, 6) is -0.980. The van der Waals surface area contributed by atoms with Crippen LogP contribution in [0.25, 0.3) is 11.5 Å². The molecule has 0 aliphatic carbocycles. The second kappa shape index (κ2) is 6.06. The number of hydrogen-bond donors (Lipinski definition) is 2. The van der Waals surface area contributed by atoms with Gasteiger partial charge in [-0.05, 0) is 18.2 Å². The number of aromatic nitrogens is 3. The first-order chi connectivity index (χ1) is 11.1. The maximum atomic E-state index is 12.3. The lowest BCUT2D eigenvalue weighted by Gasteiger charge is -2.07. The van der Waals surface area contributed by atoms with Crippen LogP contribution in [0.4, 0.5) is 5.69 Å². The number of nitrogens with one attached hydrogen (secondary N) is 1. The zero-order chi connectivity index (χ0) is 16.2. The molecule has 0 atom stereocenters. The Balaban J connectivity index is 1.87. The van der Waals surface area contributed by atoms with Gasteiger partial charge in [-0.1, -0.05) is 6.07 Å². The Bertz CT molecular complexity index is 861. The first kappa shape index (κ1) is 14.4. The van der Waals surface area contributed by atoms with Gasteiger partial charge in [0.1, 0.15) is 6.26 Å². The minimum atomic E-state index is -0.822. The summed E-state index contributed by atoms with van der Waals surface area (Å²) in [5, 5.41) is 2.64. The molecule has 114 valence electrons. The van der Waals surface area contributed by atoms with Crippen molar-refractivity contribution in [1.82, 2.24) is 15.0 Å². The smallest absolute Gasteiger partial charge is 0.276 e. The summed E-state index contributed by atoms with van der Waals surface area (Å²) in [5.41, 5.74) is 6.06. The summed E-state index contributed by atoms with van der Waals surface area (Å²) < 4.78 is 5.21. The van der Waals surface area contributed by atoms with Gasteiger partial charge in [0.2, 0.25) is 5.89 Å². The standard InChI is InChI=1S/C15H11N5O3/c16-13(21)11-12(18-5-4-17-11)14(22)20-10-3-1-2-9(8-10)15-19-6-7-23-15/h1-8H,(H2,16,21)(H,20,22). The summed E-state index contributed by atoms with van der Waals surface area (Å²) in [6.45, 7) is 0. The Morgan fingerprint density at radius 3 is 2.52 bits per heavy atom. The molecule has 23 heavy (non-hydrogen) atoms. The number of nitrogens with two attached hydrogens (primary N) is 1. The molecular formula is C15H11N5O3. The highest BCUT2D eigenvalue weighted by atomic mass is 16.3.